The van der Waals surface area contributed by atoms with Gasteiger partial charge >= 0.3 is 0 Å². The minimum Gasteiger partial charge on any atom is -0.495 e. The number of hydrogen-bond donors (Lipinski definition) is 1. The summed E-state index contributed by atoms with van der Waals surface area (Å²) < 4.78 is 34.5. The van der Waals surface area contributed by atoms with E-state index in [2.05, 4.69) is 5.32 Å². The van der Waals surface area contributed by atoms with Crippen LogP contribution in [-0.4, -0.2) is 50.9 Å². The monoisotopic (exact) mass is 551 g/mol. The first-order valence-corrected chi connectivity index (χ1v) is 14.4. The number of rotatable bonds is 12. The highest BCUT2D eigenvalue weighted by molar-refractivity contribution is 7.92. The smallest absolute Gasteiger partial charge is 0.264 e. The second kappa shape index (κ2) is 13.3. The summed E-state index contributed by atoms with van der Waals surface area (Å²) >= 11 is 0. The van der Waals surface area contributed by atoms with Gasteiger partial charge in [-0.2, -0.15) is 0 Å². The average molecular weight is 552 g/mol. The van der Waals surface area contributed by atoms with Gasteiger partial charge in [0.1, 0.15) is 18.3 Å². The van der Waals surface area contributed by atoms with Crippen molar-refractivity contribution in [1.29, 1.82) is 0 Å². The number of nitrogens with zero attached hydrogens (tertiary/aromatic N) is 2. The normalized spacial score (nSPS) is 12.1. The summed E-state index contributed by atoms with van der Waals surface area (Å²) in [6.45, 7) is 7.03. The molecule has 1 atom stereocenters. The molecule has 9 heteroatoms. The maximum absolute atomic E-state index is 14.1. The fourth-order valence-corrected chi connectivity index (χ4v) is 5.69. The summed E-state index contributed by atoms with van der Waals surface area (Å²) in [6, 6.07) is 21.5. The molecule has 0 fully saturated rings. The Labute approximate surface area is 231 Å². The first-order valence-electron chi connectivity index (χ1n) is 12.9. The summed E-state index contributed by atoms with van der Waals surface area (Å²) in [6.07, 6.45) is 0.358. The number of amides is 2. The van der Waals surface area contributed by atoms with Crippen LogP contribution in [0.2, 0.25) is 0 Å². The molecule has 3 rings (SSSR count). The van der Waals surface area contributed by atoms with Gasteiger partial charge in [0.15, 0.2) is 0 Å². The first kappa shape index (κ1) is 29.7. The van der Waals surface area contributed by atoms with Crippen LogP contribution in [0.15, 0.2) is 83.8 Å². The molecule has 0 spiro atoms. The fourth-order valence-electron chi connectivity index (χ4n) is 4.27. The van der Waals surface area contributed by atoms with Gasteiger partial charge in [-0.05, 0) is 57.0 Å². The molecule has 3 aromatic rings. The number of benzene rings is 3. The van der Waals surface area contributed by atoms with Crippen molar-refractivity contribution in [3.8, 4) is 5.75 Å². The lowest BCUT2D eigenvalue weighted by Gasteiger charge is -2.33. The van der Waals surface area contributed by atoms with E-state index in [1.807, 2.05) is 58.0 Å². The van der Waals surface area contributed by atoms with Gasteiger partial charge in [-0.1, -0.05) is 67.1 Å². The molecule has 0 aliphatic rings. The van der Waals surface area contributed by atoms with E-state index in [4.69, 9.17) is 4.74 Å². The van der Waals surface area contributed by atoms with E-state index in [0.717, 1.165) is 15.4 Å². The molecule has 0 aliphatic heterocycles. The zero-order valence-electron chi connectivity index (χ0n) is 23.1. The van der Waals surface area contributed by atoms with Gasteiger partial charge in [0.2, 0.25) is 11.8 Å². The van der Waals surface area contributed by atoms with E-state index >= 15 is 0 Å². The van der Waals surface area contributed by atoms with Crippen molar-refractivity contribution in [1.82, 2.24) is 10.2 Å². The average Bonchev–Trinajstić information content (AvgIpc) is 2.91. The van der Waals surface area contributed by atoms with Crippen LogP contribution in [0.1, 0.15) is 38.3 Å². The minimum atomic E-state index is -4.17. The Kier molecular flexibility index (Phi) is 10.1. The van der Waals surface area contributed by atoms with Crippen LogP contribution < -0.4 is 14.4 Å². The number of para-hydroxylation sites is 2. The molecule has 2 amide bonds. The van der Waals surface area contributed by atoms with Gasteiger partial charge in [0, 0.05) is 12.6 Å². The SMILES string of the molecule is CCC(C(=O)NC(C)C)N(Cc1ccccc1)C(=O)CN(c1ccccc1OC)S(=O)(=O)c1ccc(C)cc1. The van der Waals surface area contributed by atoms with Crippen molar-refractivity contribution in [2.45, 2.75) is 57.6 Å². The fraction of sp³-hybridized carbons (Fsp3) is 0.333. The van der Waals surface area contributed by atoms with Gasteiger partial charge in [0.05, 0.1) is 17.7 Å². The number of nitrogens with one attached hydrogen (secondary N) is 1. The van der Waals surface area contributed by atoms with E-state index in [9.17, 15) is 18.0 Å². The Bertz CT molecular complexity index is 1360. The second-order valence-corrected chi connectivity index (χ2v) is 11.5. The summed E-state index contributed by atoms with van der Waals surface area (Å²) in [4.78, 5) is 28.7. The molecule has 0 aliphatic carbocycles. The lowest BCUT2D eigenvalue weighted by Crippen LogP contribution is -2.53. The Balaban J connectivity index is 2.09. The van der Waals surface area contributed by atoms with E-state index in [-0.39, 0.29) is 29.1 Å². The summed E-state index contributed by atoms with van der Waals surface area (Å²) in [5.41, 5.74) is 1.96. The number of carbonyl (C=O) groups is 2. The third-order valence-electron chi connectivity index (χ3n) is 6.25. The van der Waals surface area contributed by atoms with E-state index in [1.165, 1.54) is 24.1 Å². The van der Waals surface area contributed by atoms with Gasteiger partial charge in [-0.3, -0.25) is 13.9 Å². The quantitative estimate of drug-likeness (QED) is 0.357. The molecule has 39 heavy (non-hydrogen) atoms. The van der Waals surface area contributed by atoms with Crippen LogP contribution >= 0.6 is 0 Å². The highest BCUT2D eigenvalue weighted by Crippen LogP contribution is 2.32. The largest absolute Gasteiger partial charge is 0.495 e. The Morgan fingerprint density at radius 2 is 1.54 bits per heavy atom. The number of ether oxygens (including phenoxy) is 1. The first-order chi connectivity index (χ1) is 18.6. The van der Waals surface area contributed by atoms with Crippen molar-refractivity contribution < 1.29 is 22.7 Å². The van der Waals surface area contributed by atoms with Crippen LogP contribution in [0.5, 0.6) is 5.75 Å². The molecule has 0 saturated carbocycles. The molecule has 0 heterocycles. The van der Waals surface area contributed by atoms with Crippen molar-refractivity contribution in [2.75, 3.05) is 18.0 Å². The molecule has 208 valence electrons. The van der Waals surface area contributed by atoms with Gasteiger partial charge in [-0.15, -0.1) is 0 Å². The molecule has 1 unspecified atom stereocenters. The summed E-state index contributed by atoms with van der Waals surface area (Å²) in [5.74, 6) is -0.492. The lowest BCUT2D eigenvalue weighted by atomic mass is 10.1. The van der Waals surface area contributed by atoms with Crippen LogP contribution in [0.3, 0.4) is 0 Å². The summed E-state index contributed by atoms with van der Waals surface area (Å²) in [7, 11) is -2.72. The molecule has 0 aromatic heterocycles. The van der Waals surface area contributed by atoms with Crippen LogP contribution in [0.4, 0.5) is 5.69 Å². The van der Waals surface area contributed by atoms with Gasteiger partial charge < -0.3 is 15.0 Å². The predicted octanol–water partition coefficient (Wildman–Crippen LogP) is 4.53. The topological polar surface area (TPSA) is 96.0 Å². The summed E-state index contributed by atoms with van der Waals surface area (Å²) in [5, 5.41) is 2.89. The predicted molar refractivity (Wildman–Crippen MR) is 153 cm³/mol. The van der Waals surface area contributed by atoms with Crippen molar-refractivity contribution in [2.24, 2.45) is 0 Å². The maximum Gasteiger partial charge on any atom is 0.264 e. The number of methoxy groups -OCH3 is 1. The maximum atomic E-state index is 14.1. The van der Waals surface area contributed by atoms with Crippen molar-refractivity contribution in [3.05, 3.63) is 90.0 Å². The molecule has 0 radical (unpaired) electrons. The zero-order valence-corrected chi connectivity index (χ0v) is 23.9. The molecule has 3 aromatic carbocycles. The Morgan fingerprint density at radius 1 is 0.923 bits per heavy atom. The number of carbonyl (C=O) groups excluding carboxylic acids is 2. The van der Waals surface area contributed by atoms with E-state index < -0.39 is 28.5 Å². The number of hydrogen-bond acceptors (Lipinski definition) is 5. The van der Waals surface area contributed by atoms with Crippen LogP contribution in [-0.2, 0) is 26.2 Å². The minimum absolute atomic E-state index is 0.0472. The molecular weight excluding hydrogens is 514 g/mol. The van der Waals surface area contributed by atoms with Gasteiger partial charge in [0.25, 0.3) is 10.0 Å². The third kappa shape index (κ3) is 7.38. The Hall–Kier alpha value is -3.85. The van der Waals surface area contributed by atoms with E-state index in [1.54, 1.807) is 36.4 Å². The number of aryl methyl sites for hydroxylation is 1. The number of sulfonamides is 1. The lowest BCUT2D eigenvalue weighted by molar-refractivity contribution is -0.140. The molecule has 0 saturated heterocycles. The molecule has 8 nitrogen and oxygen atoms in total. The van der Waals surface area contributed by atoms with Crippen LogP contribution in [0, 0.1) is 6.92 Å². The molecule has 1 N–H and O–H groups in total. The standard InChI is InChI=1S/C30H37N3O5S/c1-6-26(30(35)31-22(2)3)32(20-24-12-8-7-9-13-24)29(34)21-33(27-14-10-11-15-28(27)38-5)39(36,37)25-18-16-23(4)17-19-25/h7-19,22,26H,6,20-21H2,1-5H3,(H,31,35). The molecular formula is C30H37N3O5S. The van der Waals surface area contributed by atoms with Gasteiger partial charge in [-0.25, -0.2) is 8.42 Å². The zero-order chi connectivity index (χ0) is 28.6. The van der Waals surface area contributed by atoms with Crippen LogP contribution in [0.25, 0.3) is 0 Å². The third-order valence-corrected chi connectivity index (χ3v) is 8.03. The molecule has 0 bridgehead atoms. The Morgan fingerprint density at radius 3 is 2.13 bits per heavy atom. The van der Waals surface area contributed by atoms with Crippen molar-refractivity contribution in [3.63, 3.8) is 0 Å². The second-order valence-electron chi connectivity index (χ2n) is 9.59. The number of anilines is 1. The van der Waals surface area contributed by atoms with E-state index in [0.29, 0.717) is 12.2 Å². The highest BCUT2D eigenvalue weighted by atomic mass is 32.2. The van der Waals surface area contributed by atoms with Crippen molar-refractivity contribution >= 4 is 27.5 Å². The highest BCUT2D eigenvalue weighted by Gasteiger charge is 2.34.